The number of carboxylic acid groups (broad SMARTS) is 1. The largest absolute Gasteiger partial charge is 0.478 e. The third-order valence-corrected chi connectivity index (χ3v) is 2.69. The second kappa shape index (κ2) is 4.19. The van der Waals surface area contributed by atoms with Crippen molar-refractivity contribution in [2.75, 3.05) is 0 Å². The van der Waals surface area contributed by atoms with Gasteiger partial charge in [-0.15, -0.1) is 0 Å². The minimum Gasteiger partial charge on any atom is -0.478 e. The topological polar surface area (TPSA) is 116 Å². The Bertz CT molecular complexity index is 684. The molecule has 100 valence electrons. The van der Waals surface area contributed by atoms with Gasteiger partial charge in [-0.2, -0.15) is 10.2 Å². The van der Waals surface area contributed by atoms with E-state index in [-0.39, 0.29) is 28.5 Å². The molecular formula is C10H11N5O4. The number of rotatable bonds is 3. The molecule has 0 amide bonds. The maximum Gasteiger partial charge on any atom is 0.339 e. The van der Waals surface area contributed by atoms with Crippen LogP contribution in [0.25, 0.3) is 5.82 Å². The van der Waals surface area contributed by atoms with E-state index in [2.05, 4.69) is 10.2 Å². The van der Waals surface area contributed by atoms with Crippen LogP contribution in [0.3, 0.4) is 0 Å². The molecule has 0 fully saturated rings. The molecule has 2 aromatic heterocycles. The molecule has 1 N–H and O–H groups in total. The monoisotopic (exact) mass is 265 g/mol. The molecule has 0 bridgehead atoms. The fraction of sp³-hybridized carbons (Fsp3) is 0.300. The summed E-state index contributed by atoms with van der Waals surface area (Å²) in [6.07, 6.45) is 1.24. The number of aromatic nitrogens is 4. The van der Waals surface area contributed by atoms with E-state index in [9.17, 15) is 14.9 Å². The summed E-state index contributed by atoms with van der Waals surface area (Å²) in [5.41, 5.74) is 0.322. The average molecular weight is 265 g/mol. The number of nitrogens with zero attached hydrogens (tertiary/aromatic N) is 5. The van der Waals surface area contributed by atoms with E-state index in [4.69, 9.17) is 5.11 Å². The van der Waals surface area contributed by atoms with Crippen LogP contribution in [0.1, 0.15) is 21.7 Å². The molecule has 9 nitrogen and oxygen atoms in total. The fourth-order valence-electron chi connectivity index (χ4n) is 1.88. The zero-order valence-electron chi connectivity index (χ0n) is 10.5. The van der Waals surface area contributed by atoms with Crippen molar-refractivity contribution in [1.29, 1.82) is 0 Å². The lowest BCUT2D eigenvalue weighted by Crippen LogP contribution is -2.06. The van der Waals surface area contributed by atoms with E-state index in [1.807, 2.05) is 0 Å². The minimum absolute atomic E-state index is 0.00634. The van der Waals surface area contributed by atoms with Crippen LogP contribution in [-0.2, 0) is 7.05 Å². The second-order valence-electron chi connectivity index (χ2n) is 4.02. The molecular weight excluding hydrogens is 254 g/mol. The quantitative estimate of drug-likeness (QED) is 0.649. The number of aromatic carboxylic acids is 1. The number of carbonyl (C=O) groups is 1. The summed E-state index contributed by atoms with van der Waals surface area (Å²) in [5.74, 6) is -1.01. The Hall–Kier alpha value is -2.71. The van der Waals surface area contributed by atoms with Crippen LogP contribution in [0.15, 0.2) is 6.20 Å². The van der Waals surface area contributed by atoms with Gasteiger partial charge >= 0.3 is 11.7 Å². The van der Waals surface area contributed by atoms with E-state index in [1.54, 1.807) is 0 Å². The van der Waals surface area contributed by atoms with Crippen LogP contribution in [0.4, 0.5) is 5.69 Å². The third kappa shape index (κ3) is 1.94. The van der Waals surface area contributed by atoms with Crippen LogP contribution < -0.4 is 0 Å². The van der Waals surface area contributed by atoms with Crippen molar-refractivity contribution in [3.05, 3.63) is 33.3 Å². The number of carboxylic acids is 1. The summed E-state index contributed by atoms with van der Waals surface area (Å²) >= 11 is 0. The summed E-state index contributed by atoms with van der Waals surface area (Å²) in [6.45, 7) is 3.03. The highest BCUT2D eigenvalue weighted by Crippen LogP contribution is 2.26. The lowest BCUT2D eigenvalue weighted by Gasteiger charge is -2.00. The highest BCUT2D eigenvalue weighted by Gasteiger charge is 2.27. The van der Waals surface area contributed by atoms with Gasteiger partial charge in [-0.3, -0.25) is 10.1 Å². The van der Waals surface area contributed by atoms with Gasteiger partial charge in [0, 0.05) is 13.2 Å². The Morgan fingerprint density at radius 1 is 1.37 bits per heavy atom. The molecule has 0 saturated heterocycles. The van der Waals surface area contributed by atoms with Gasteiger partial charge < -0.3 is 5.11 Å². The summed E-state index contributed by atoms with van der Waals surface area (Å²) in [4.78, 5) is 21.5. The molecule has 0 aliphatic rings. The molecule has 0 aromatic carbocycles. The van der Waals surface area contributed by atoms with E-state index >= 15 is 0 Å². The molecule has 0 spiro atoms. The highest BCUT2D eigenvalue weighted by molar-refractivity contribution is 5.88. The van der Waals surface area contributed by atoms with Crippen molar-refractivity contribution >= 4 is 11.7 Å². The lowest BCUT2D eigenvalue weighted by atomic mass is 10.3. The van der Waals surface area contributed by atoms with Gasteiger partial charge in [-0.25, -0.2) is 14.2 Å². The van der Waals surface area contributed by atoms with Crippen LogP contribution >= 0.6 is 0 Å². The van der Waals surface area contributed by atoms with E-state index in [0.29, 0.717) is 0 Å². The van der Waals surface area contributed by atoms with Gasteiger partial charge in [-0.05, 0) is 13.8 Å². The van der Waals surface area contributed by atoms with E-state index in [1.165, 1.54) is 31.8 Å². The Morgan fingerprint density at radius 3 is 2.47 bits per heavy atom. The molecule has 19 heavy (non-hydrogen) atoms. The standard InChI is InChI=1S/C10H11N5O4/c1-5-7(10(16)17)4-14(12-5)9-8(15(18)19)6(2)11-13(9)3/h4H,1-3H3,(H,16,17). The summed E-state index contributed by atoms with van der Waals surface area (Å²) < 4.78 is 2.46. The van der Waals surface area contributed by atoms with E-state index < -0.39 is 10.9 Å². The van der Waals surface area contributed by atoms with Crippen LogP contribution in [0.5, 0.6) is 0 Å². The summed E-state index contributed by atoms with van der Waals surface area (Å²) in [6, 6.07) is 0. The first-order valence-corrected chi connectivity index (χ1v) is 5.31. The molecule has 0 aliphatic heterocycles. The van der Waals surface area contributed by atoms with Gasteiger partial charge in [0.15, 0.2) is 0 Å². The second-order valence-corrected chi connectivity index (χ2v) is 4.02. The first-order chi connectivity index (χ1) is 8.82. The molecule has 2 heterocycles. The molecule has 0 aliphatic carbocycles. The number of hydrogen-bond donors (Lipinski definition) is 1. The maximum absolute atomic E-state index is 11.0. The van der Waals surface area contributed by atoms with Gasteiger partial charge in [0.25, 0.3) is 0 Å². The Labute approximate surface area is 107 Å². The van der Waals surface area contributed by atoms with Crippen molar-refractivity contribution < 1.29 is 14.8 Å². The van der Waals surface area contributed by atoms with E-state index in [0.717, 1.165) is 4.68 Å². The Morgan fingerprint density at radius 2 is 2.00 bits per heavy atom. The number of nitro groups is 1. The first-order valence-electron chi connectivity index (χ1n) is 5.31. The molecule has 0 radical (unpaired) electrons. The molecule has 0 saturated carbocycles. The van der Waals surface area contributed by atoms with Crippen molar-refractivity contribution in [2.45, 2.75) is 13.8 Å². The molecule has 0 atom stereocenters. The Balaban J connectivity index is 2.69. The van der Waals surface area contributed by atoms with Gasteiger partial charge in [0.2, 0.25) is 5.82 Å². The SMILES string of the molecule is Cc1nn(-c2c([N+](=O)[O-])c(C)nn2C)cc1C(=O)O. The van der Waals surface area contributed by atoms with Crippen molar-refractivity contribution in [3.63, 3.8) is 0 Å². The molecule has 0 unspecified atom stereocenters. The lowest BCUT2D eigenvalue weighted by molar-refractivity contribution is -0.385. The summed E-state index contributed by atoms with van der Waals surface area (Å²) in [7, 11) is 1.53. The van der Waals surface area contributed by atoms with Crippen molar-refractivity contribution in [3.8, 4) is 5.82 Å². The van der Waals surface area contributed by atoms with Gasteiger partial charge in [-0.1, -0.05) is 0 Å². The average Bonchev–Trinajstić information content (AvgIpc) is 2.78. The number of aryl methyl sites for hydroxylation is 3. The first kappa shape index (κ1) is 12.7. The van der Waals surface area contributed by atoms with Crippen LogP contribution in [-0.4, -0.2) is 35.6 Å². The normalized spacial score (nSPS) is 10.7. The number of hydrogen-bond acceptors (Lipinski definition) is 5. The van der Waals surface area contributed by atoms with Crippen molar-refractivity contribution in [2.24, 2.45) is 7.05 Å². The van der Waals surface area contributed by atoms with Gasteiger partial charge in [0.05, 0.1) is 10.6 Å². The zero-order chi connectivity index (χ0) is 14.3. The minimum atomic E-state index is -1.13. The zero-order valence-corrected chi connectivity index (χ0v) is 10.5. The predicted molar refractivity (Wildman–Crippen MR) is 63.4 cm³/mol. The van der Waals surface area contributed by atoms with Crippen LogP contribution in [0.2, 0.25) is 0 Å². The van der Waals surface area contributed by atoms with Gasteiger partial charge in [0.1, 0.15) is 11.3 Å². The smallest absolute Gasteiger partial charge is 0.339 e. The molecule has 2 rings (SSSR count). The predicted octanol–water partition coefficient (Wildman–Crippen LogP) is 0.829. The third-order valence-electron chi connectivity index (χ3n) is 2.69. The summed E-state index contributed by atoms with van der Waals surface area (Å²) in [5, 5.41) is 28.0. The van der Waals surface area contributed by atoms with Crippen molar-refractivity contribution in [1.82, 2.24) is 19.6 Å². The molecule has 9 heteroatoms. The Kier molecular flexibility index (Phi) is 2.81. The maximum atomic E-state index is 11.0. The highest BCUT2D eigenvalue weighted by atomic mass is 16.6. The van der Waals surface area contributed by atoms with Crippen LogP contribution in [0, 0.1) is 24.0 Å². The molecule has 2 aromatic rings. The fourth-order valence-corrected chi connectivity index (χ4v) is 1.88.